The first-order valence-electron chi connectivity index (χ1n) is 7.56. The molecule has 2 rings (SSSR count). The van der Waals surface area contributed by atoms with Crippen molar-refractivity contribution in [2.24, 2.45) is 5.92 Å². The van der Waals surface area contributed by atoms with Gasteiger partial charge in [0.1, 0.15) is 5.82 Å². The number of anilines is 1. The molecule has 0 aromatic heterocycles. The molecule has 1 atom stereocenters. The van der Waals surface area contributed by atoms with Crippen LogP contribution in [0.3, 0.4) is 0 Å². The van der Waals surface area contributed by atoms with E-state index in [1.54, 1.807) is 12.1 Å². The predicted molar refractivity (Wildman–Crippen MR) is 80.5 cm³/mol. The molecule has 1 aromatic rings. The van der Waals surface area contributed by atoms with E-state index >= 15 is 0 Å². The Labute approximate surface area is 125 Å². The number of benzene rings is 1. The first-order chi connectivity index (χ1) is 10.2. The summed E-state index contributed by atoms with van der Waals surface area (Å²) >= 11 is 0. The van der Waals surface area contributed by atoms with Gasteiger partial charge in [-0.1, -0.05) is 6.07 Å². The van der Waals surface area contributed by atoms with E-state index in [-0.39, 0.29) is 18.3 Å². The summed E-state index contributed by atoms with van der Waals surface area (Å²) in [4.78, 5) is 14.1. The van der Waals surface area contributed by atoms with E-state index < -0.39 is 0 Å². The molecule has 4 nitrogen and oxygen atoms in total. The van der Waals surface area contributed by atoms with Gasteiger partial charge in [-0.3, -0.25) is 4.79 Å². The number of carbonyl (C=O) groups excluding carboxylic acids is 1. The molecule has 1 unspecified atom stereocenters. The molecule has 2 N–H and O–H groups in total. The Balaban J connectivity index is 1.73. The number of aliphatic hydroxyl groups is 1. The number of likely N-dealkylation sites (tertiary alicyclic amines) is 1. The molecule has 0 saturated carbocycles. The highest BCUT2D eigenvalue weighted by Crippen LogP contribution is 2.19. The Morgan fingerprint density at radius 2 is 2.33 bits per heavy atom. The van der Waals surface area contributed by atoms with Crippen molar-refractivity contribution in [3.8, 4) is 0 Å². The van der Waals surface area contributed by atoms with Gasteiger partial charge in [0, 0.05) is 31.8 Å². The van der Waals surface area contributed by atoms with Crippen LogP contribution in [0.5, 0.6) is 0 Å². The second-order valence-electron chi connectivity index (χ2n) is 5.63. The first-order valence-corrected chi connectivity index (χ1v) is 7.56. The van der Waals surface area contributed by atoms with E-state index in [1.165, 1.54) is 12.1 Å². The molecule has 0 spiro atoms. The predicted octanol–water partition coefficient (Wildman–Crippen LogP) is 2.25. The van der Waals surface area contributed by atoms with Crippen LogP contribution in [0.2, 0.25) is 0 Å². The fraction of sp³-hybridized carbons (Fsp3) is 0.562. The van der Waals surface area contributed by atoms with E-state index in [0.29, 0.717) is 24.6 Å². The van der Waals surface area contributed by atoms with E-state index in [2.05, 4.69) is 10.2 Å². The van der Waals surface area contributed by atoms with E-state index in [9.17, 15) is 9.18 Å². The molecule has 0 radical (unpaired) electrons. The zero-order valence-electron chi connectivity index (χ0n) is 12.2. The molecule has 5 heteroatoms. The Morgan fingerprint density at radius 3 is 3.10 bits per heavy atom. The summed E-state index contributed by atoms with van der Waals surface area (Å²) < 4.78 is 13.0. The number of rotatable bonds is 6. The van der Waals surface area contributed by atoms with Crippen LogP contribution >= 0.6 is 0 Å². The van der Waals surface area contributed by atoms with Crippen molar-refractivity contribution in [2.45, 2.75) is 25.7 Å². The summed E-state index contributed by atoms with van der Waals surface area (Å²) in [7, 11) is 0. The normalized spacial score (nSPS) is 19.4. The highest BCUT2D eigenvalue weighted by Gasteiger charge is 2.19. The zero-order valence-corrected chi connectivity index (χ0v) is 12.2. The maximum absolute atomic E-state index is 13.0. The molecular formula is C16H23FN2O2. The fourth-order valence-electron chi connectivity index (χ4n) is 2.82. The van der Waals surface area contributed by atoms with Crippen LogP contribution in [-0.2, 0) is 4.79 Å². The maximum atomic E-state index is 13.0. The average molecular weight is 294 g/mol. The lowest BCUT2D eigenvalue weighted by atomic mass is 9.95. The third kappa shape index (κ3) is 5.44. The van der Waals surface area contributed by atoms with Crippen LogP contribution in [0.1, 0.15) is 25.7 Å². The van der Waals surface area contributed by atoms with Crippen molar-refractivity contribution in [1.82, 2.24) is 4.90 Å². The molecule has 1 aliphatic rings. The number of amides is 1. The van der Waals surface area contributed by atoms with Crippen LogP contribution in [0.25, 0.3) is 0 Å². The number of hydrogen-bond acceptors (Lipinski definition) is 3. The quantitative estimate of drug-likeness (QED) is 0.846. The lowest BCUT2D eigenvalue weighted by Gasteiger charge is -2.32. The molecule has 1 aromatic carbocycles. The molecule has 1 heterocycles. The number of hydrogen-bond donors (Lipinski definition) is 2. The number of nitrogens with one attached hydrogen (secondary N) is 1. The molecule has 1 fully saturated rings. The minimum Gasteiger partial charge on any atom is -0.396 e. The summed E-state index contributed by atoms with van der Waals surface area (Å²) in [5.41, 5.74) is 0.497. The third-order valence-electron chi connectivity index (χ3n) is 3.90. The van der Waals surface area contributed by atoms with Gasteiger partial charge in [-0.15, -0.1) is 0 Å². The van der Waals surface area contributed by atoms with Crippen molar-refractivity contribution in [3.05, 3.63) is 30.1 Å². The monoisotopic (exact) mass is 294 g/mol. The lowest BCUT2D eigenvalue weighted by Crippen LogP contribution is -2.37. The van der Waals surface area contributed by atoms with Crippen LogP contribution < -0.4 is 5.32 Å². The van der Waals surface area contributed by atoms with Crippen molar-refractivity contribution in [3.63, 3.8) is 0 Å². The standard InChI is InChI=1S/C16H23FN2O2/c17-14-4-1-5-15(11-14)18-16(21)6-9-19-8-2-3-13(12-19)7-10-20/h1,4-5,11,13,20H,2-3,6-10,12H2,(H,18,21). The van der Waals surface area contributed by atoms with Crippen LogP contribution in [0.4, 0.5) is 10.1 Å². The minimum absolute atomic E-state index is 0.0927. The summed E-state index contributed by atoms with van der Waals surface area (Å²) in [6, 6.07) is 5.93. The van der Waals surface area contributed by atoms with Gasteiger partial charge < -0.3 is 15.3 Å². The molecule has 116 valence electrons. The Morgan fingerprint density at radius 1 is 1.48 bits per heavy atom. The van der Waals surface area contributed by atoms with Gasteiger partial charge in [-0.2, -0.15) is 0 Å². The second-order valence-corrected chi connectivity index (χ2v) is 5.63. The van der Waals surface area contributed by atoms with Crippen LogP contribution in [0, 0.1) is 11.7 Å². The van der Waals surface area contributed by atoms with E-state index in [0.717, 1.165) is 32.4 Å². The fourth-order valence-corrected chi connectivity index (χ4v) is 2.82. The molecule has 1 saturated heterocycles. The number of aliphatic hydroxyl groups excluding tert-OH is 1. The summed E-state index contributed by atoms with van der Waals surface area (Å²) in [6.07, 6.45) is 3.52. The summed E-state index contributed by atoms with van der Waals surface area (Å²) in [5.74, 6) is 0.0931. The minimum atomic E-state index is -0.351. The molecule has 0 bridgehead atoms. The van der Waals surface area contributed by atoms with E-state index in [4.69, 9.17) is 5.11 Å². The number of piperidine rings is 1. The van der Waals surface area contributed by atoms with Gasteiger partial charge in [0.05, 0.1) is 0 Å². The molecule has 1 amide bonds. The van der Waals surface area contributed by atoms with Gasteiger partial charge in [0.2, 0.25) is 5.91 Å². The average Bonchev–Trinajstić information content (AvgIpc) is 2.46. The Hall–Kier alpha value is -1.46. The highest BCUT2D eigenvalue weighted by atomic mass is 19.1. The molecular weight excluding hydrogens is 271 g/mol. The maximum Gasteiger partial charge on any atom is 0.225 e. The van der Waals surface area contributed by atoms with Crippen LogP contribution in [0.15, 0.2) is 24.3 Å². The van der Waals surface area contributed by atoms with Gasteiger partial charge in [-0.25, -0.2) is 4.39 Å². The second kappa shape index (κ2) is 8.10. The molecule has 1 aliphatic heterocycles. The topological polar surface area (TPSA) is 52.6 Å². The Bertz CT molecular complexity index is 465. The Kier molecular flexibility index (Phi) is 6.14. The third-order valence-corrected chi connectivity index (χ3v) is 3.90. The highest BCUT2D eigenvalue weighted by molar-refractivity contribution is 5.90. The molecule has 0 aliphatic carbocycles. The van der Waals surface area contributed by atoms with Gasteiger partial charge >= 0.3 is 0 Å². The van der Waals surface area contributed by atoms with E-state index in [1.807, 2.05) is 0 Å². The lowest BCUT2D eigenvalue weighted by molar-refractivity contribution is -0.116. The van der Waals surface area contributed by atoms with Crippen molar-refractivity contribution >= 4 is 11.6 Å². The first kappa shape index (κ1) is 15.9. The SMILES string of the molecule is O=C(CCN1CCCC(CCO)C1)Nc1cccc(F)c1. The van der Waals surface area contributed by atoms with Crippen LogP contribution in [-0.4, -0.2) is 42.2 Å². The smallest absolute Gasteiger partial charge is 0.225 e. The van der Waals surface area contributed by atoms with Crippen molar-refractivity contribution in [1.29, 1.82) is 0 Å². The zero-order chi connectivity index (χ0) is 15.1. The van der Waals surface area contributed by atoms with Gasteiger partial charge in [0.25, 0.3) is 0 Å². The number of carbonyl (C=O) groups is 1. The van der Waals surface area contributed by atoms with Gasteiger partial charge in [-0.05, 0) is 49.9 Å². The molecule has 21 heavy (non-hydrogen) atoms. The summed E-state index contributed by atoms with van der Waals surface area (Å²) in [6.45, 7) is 2.91. The van der Waals surface area contributed by atoms with Crippen molar-refractivity contribution in [2.75, 3.05) is 31.6 Å². The van der Waals surface area contributed by atoms with Crippen molar-refractivity contribution < 1.29 is 14.3 Å². The number of nitrogens with zero attached hydrogens (tertiary/aromatic N) is 1. The summed E-state index contributed by atoms with van der Waals surface area (Å²) in [5, 5.41) is 11.7. The number of halogens is 1. The van der Waals surface area contributed by atoms with Gasteiger partial charge in [0.15, 0.2) is 0 Å². The largest absolute Gasteiger partial charge is 0.396 e.